The fourth-order valence-electron chi connectivity index (χ4n) is 2.80. The summed E-state index contributed by atoms with van der Waals surface area (Å²) in [6, 6.07) is 5.32. The number of nitrogens with zero attached hydrogens (tertiary/aromatic N) is 5. The van der Waals surface area contributed by atoms with E-state index >= 15 is 0 Å². The second-order valence-electron chi connectivity index (χ2n) is 6.49. The number of hydrogen-bond donors (Lipinski definition) is 0. The van der Waals surface area contributed by atoms with Crippen molar-refractivity contribution in [3.05, 3.63) is 36.4 Å². The first-order valence-electron chi connectivity index (χ1n) is 8.46. The molecular weight excluding hydrogens is 354 g/mol. The summed E-state index contributed by atoms with van der Waals surface area (Å²) in [5.41, 5.74) is 0.453. The first kappa shape index (κ1) is 18.4. The van der Waals surface area contributed by atoms with Crippen LogP contribution in [0.25, 0.3) is 0 Å². The first-order valence-corrected chi connectivity index (χ1v) is 9.90. The van der Waals surface area contributed by atoms with Gasteiger partial charge < -0.3 is 9.30 Å². The summed E-state index contributed by atoms with van der Waals surface area (Å²) in [6.45, 7) is 4.59. The van der Waals surface area contributed by atoms with Crippen LogP contribution in [0.2, 0.25) is 0 Å². The predicted octanol–water partition coefficient (Wildman–Crippen LogP) is 1.96. The highest BCUT2D eigenvalue weighted by molar-refractivity contribution is 7.89. The van der Waals surface area contributed by atoms with Crippen molar-refractivity contribution in [2.24, 2.45) is 0 Å². The summed E-state index contributed by atoms with van der Waals surface area (Å²) in [5, 5.41) is 9.01. The molecule has 1 unspecified atom stereocenters. The minimum absolute atomic E-state index is 0.0523. The third-order valence-corrected chi connectivity index (χ3v) is 6.02. The number of nitriles is 1. The van der Waals surface area contributed by atoms with Gasteiger partial charge in [-0.15, -0.1) is 0 Å². The molecule has 8 nitrogen and oxygen atoms in total. The smallest absolute Gasteiger partial charge is 0.262 e. The molecule has 0 bridgehead atoms. The van der Waals surface area contributed by atoms with Gasteiger partial charge in [0.25, 0.3) is 10.0 Å². The van der Waals surface area contributed by atoms with Gasteiger partial charge in [-0.25, -0.2) is 18.4 Å². The molecule has 1 atom stereocenters. The molecule has 2 aromatic heterocycles. The molecule has 138 valence electrons. The van der Waals surface area contributed by atoms with Gasteiger partial charge in [-0.05, 0) is 32.8 Å². The second-order valence-corrected chi connectivity index (χ2v) is 8.38. The van der Waals surface area contributed by atoms with Crippen molar-refractivity contribution in [1.82, 2.24) is 18.8 Å². The summed E-state index contributed by atoms with van der Waals surface area (Å²) in [7, 11) is -3.66. The SMILES string of the molecule is CC(C)n1cnc(S(=O)(=O)N2CCCC(Oc3cc(C#N)ccn3)C2)c1. The molecule has 0 saturated carbocycles. The summed E-state index contributed by atoms with van der Waals surface area (Å²) in [4.78, 5) is 8.15. The normalized spacial score (nSPS) is 18.6. The Balaban J connectivity index is 1.73. The molecule has 0 aromatic carbocycles. The highest BCUT2D eigenvalue weighted by Gasteiger charge is 2.33. The van der Waals surface area contributed by atoms with Gasteiger partial charge in [-0.1, -0.05) is 0 Å². The number of imidazole rings is 1. The van der Waals surface area contributed by atoms with Gasteiger partial charge in [0.15, 0.2) is 5.03 Å². The largest absolute Gasteiger partial charge is 0.473 e. The summed E-state index contributed by atoms with van der Waals surface area (Å²) in [5.74, 6) is 0.331. The standard InChI is InChI=1S/C17H21N5O3S/c1-13(2)21-11-17(20-12-21)26(23,24)22-7-3-4-15(10-22)25-16-8-14(9-18)5-6-19-16/h5-6,8,11-13,15H,3-4,7,10H2,1-2H3. The number of ether oxygens (including phenoxy) is 1. The second kappa shape index (κ2) is 7.43. The maximum atomic E-state index is 12.9. The van der Waals surface area contributed by atoms with Crippen molar-refractivity contribution >= 4 is 10.0 Å². The van der Waals surface area contributed by atoms with Crippen molar-refractivity contribution in [1.29, 1.82) is 5.26 Å². The van der Waals surface area contributed by atoms with Gasteiger partial charge in [-0.2, -0.15) is 9.57 Å². The molecule has 2 aromatic rings. The average Bonchev–Trinajstić information content (AvgIpc) is 3.13. The summed E-state index contributed by atoms with van der Waals surface area (Å²) >= 11 is 0. The molecule has 26 heavy (non-hydrogen) atoms. The van der Waals surface area contributed by atoms with E-state index in [0.717, 1.165) is 6.42 Å². The van der Waals surface area contributed by atoms with Gasteiger partial charge >= 0.3 is 0 Å². The van der Waals surface area contributed by atoms with Crippen molar-refractivity contribution in [3.63, 3.8) is 0 Å². The van der Waals surface area contributed by atoms with Crippen LogP contribution < -0.4 is 4.74 Å². The van der Waals surface area contributed by atoms with Crippen LogP contribution in [-0.2, 0) is 10.0 Å². The van der Waals surface area contributed by atoms with E-state index in [1.807, 2.05) is 19.9 Å². The molecule has 3 heterocycles. The minimum Gasteiger partial charge on any atom is -0.473 e. The Morgan fingerprint density at radius 2 is 2.19 bits per heavy atom. The summed E-state index contributed by atoms with van der Waals surface area (Å²) < 4.78 is 34.7. The van der Waals surface area contributed by atoms with Gasteiger partial charge in [0.2, 0.25) is 5.88 Å². The van der Waals surface area contributed by atoms with Crippen LogP contribution in [0.3, 0.4) is 0 Å². The maximum absolute atomic E-state index is 12.9. The molecule has 1 aliphatic rings. The van der Waals surface area contributed by atoms with Crippen molar-refractivity contribution < 1.29 is 13.2 Å². The van der Waals surface area contributed by atoms with Crippen LogP contribution in [0.5, 0.6) is 5.88 Å². The van der Waals surface area contributed by atoms with Gasteiger partial charge in [0.05, 0.1) is 24.5 Å². The zero-order valence-corrected chi connectivity index (χ0v) is 15.6. The number of rotatable bonds is 5. The minimum atomic E-state index is -3.66. The van der Waals surface area contributed by atoms with Gasteiger partial charge in [0, 0.05) is 31.0 Å². The predicted molar refractivity (Wildman–Crippen MR) is 94.0 cm³/mol. The fraction of sp³-hybridized carbons (Fsp3) is 0.471. The lowest BCUT2D eigenvalue weighted by atomic mass is 10.1. The maximum Gasteiger partial charge on any atom is 0.262 e. The lowest BCUT2D eigenvalue weighted by molar-refractivity contribution is 0.124. The molecule has 0 spiro atoms. The highest BCUT2D eigenvalue weighted by Crippen LogP contribution is 2.23. The van der Waals surface area contributed by atoms with E-state index in [0.29, 0.717) is 24.4 Å². The van der Waals surface area contributed by atoms with E-state index in [1.165, 1.54) is 16.8 Å². The lowest BCUT2D eigenvalue weighted by Gasteiger charge is -2.31. The van der Waals surface area contributed by atoms with Crippen molar-refractivity contribution in [3.8, 4) is 11.9 Å². The Hall–Kier alpha value is -2.44. The Labute approximate surface area is 153 Å². The van der Waals surface area contributed by atoms with Gasteiger partial charge in [0.1, 0.15) is 6.10 Å². The Morgan fingerprint density at radius 3 is 2.88 bits per heavy atom. The third kappa shape index (κ3) is 3.86. The van der Waals surface area contributed by atoms with Crippen LogP contribution >= 0.6 is 0 Å². The lowest BCUT2D eigenvalue weighted by Crippen LogP contribution is -2.44. The molecule has 3 rings (SSSR count). The number of sulfonamides is 1. The fourth-order valence-corrected chi connectivity index (χ4v) is 4.23. The number of piperidine rings is 1. The van der Waals surface area contributed by atoms with Crippen LogP contribution in [0.1, 0.15) is 38.3 Å². The van der Waals surface area contributed by atoms with Crippen LogP contribution in [0.15, 0.2) is 35.9 Å². The Morgan fingerprint density at radius 1 is 1.38 bits per heavy atom. The Bertz CT molecular complexity index is 916. The molecule has 9 heteroatoms. The van der Waals surface area contributed by atoms with E-state index < -0.39 is 10.0 Å². The third-order valence-electron chi connectivity index (χ3n) is 4.27. The first-order chi connectivity index (χ1) is 12.4. The van der Waals surface area contributed by atoms with Crippen molar-refractivity contribution in [2.75, 3.05) is 13.1 Å². The molecule has 0 N–H and O–H groups in total. The number of aromatic nitrogens is 3. The summed E-state index contributed by atoms with van der Waals surface area (Å²) in [6.07, 6.45) is 5.70. The topological polar surface area (TPSA) is 101 Å². The molecule has 1 aliphatic heterocycles. The Kier molecular flexibility index (Phi) is 5.25. The molecule has 1 fully saturated rings. The molecule has 0 aliphatic carbocycles. The van der Waals surface area contributed by atoms with E-state index in [4.69, 9.17) is 10.00 Å². The average molecular weight is 375 g/mol. The molecular formula is C17H21N5O3S. The van der Waals surface area contributed by atoms with E-state index in [9.17, 15) is 8.42 Å². The van der Waals surface area contributed by atoms with E-state index in [2.05, 4.69) is 9.97 Å². The van der Waals surface area contributed by atoms with E-state index in [-0.39, 0.29) is 23.7 Å². The molecule has 1 saturated heterocycles. The van der Waals surface area contributed by atoms with Crippen LogP contribution in [0.4, 0.5) is 0 Å². The quantitative estimate of drug-likeness (QED) is 0.792. The monoisotopic (exact) mass is 375 g/mol. The zero-order chi connectivity index (χ0) is 18.7. The number of hydrogen-bond acceptors (Lipinski definition) is 6. The van der Waals surface area contributed by atoms with Crippen LogP contribution in [-0.4, -0.2) is 46.5 Å². The van der Waals surface area contributed by atoms with Gasteiger partial charge in [-0.3, -0.25) is 0 Å². The highest BCUT2D eigenvalue weighted by atomic mass is 32.2. The number of pyridine rings is 1. The molecule has 0 amide bonds. The zero-order valence-electron chi connectivity index (χ0n) is 14.7. The molecule has 0 radical (unpaired) electrons. The van der Waals surface area contributed by atoms with E-state index in [1.54, 1.807) is 22.9 Å². The van der Waals surface area contributed by atoms with Crippen molar-refractivity contribution in [2.45, 2.75) is 43.9 Å². The van der Waals surface area contributed by atoms with Crippen LogP contribution in [0, 0.1) is 11.3 Å².